The normalized spacial score (nSPS) is 22.2. The zero-order valence-electron chi connectivity index (χ0n) is 17.3. The molecule has 5 rings (SSSR count). The molecule has 2 aromatic rings. The molecular weight excluding hydrogens is 364 g/mol. The van der Waals surface area contributed by atoms with E-state index in [1.165, 1.54) is 5.57 Å². The summed E-state index contributed by atoms with van der Waals surface area (Å²) in [6, 6.07) is 7.82. The standard InChI is InChI=1S/C25H26O4/c1-14(2)5-6-16-20(26)9-7-15-19-13-27-22-17-11-12-25(3,4)29-21(17)10-8-18(22)24(19)28-23(15)16/h5,7-12,19,24,26H,6,13H2,1-4H3/t19-,24-/m0/s1. The van der Waals surface area contributed by atoms with Crippen LogP contribution in [-0.4, -0.2) is 17.3 Å². The lowest BCUT2D eigenvalue weighted by atomic mass is 9.86. The average Bonchev–Trinajstić information content (AvgIpc) is 3.04. The highest BCUT2D eigenvalue weighted by atomic mass is 16.5. The molecule has 0 spiro atoms. The van der Waals surface area contributed by atoms with Crippen LogP contribution in [0.15, 0.2) is 42.0 Å². The van der Waals surface area contributed by atoms with Gasteiger partial charge >= 0.3 is 0 Å². The second-order valence-corrected chi connectivity index (χ2v) is 8.86. The van der Waals surface area contributed by atoms with E-state index in [-0.39, 0.29) is 23.4 Å². The van der Waals surface area contributed by atoms with Gasteiger partial charge in [0.25, 0.3) is 0 Å². The van der Waals surface area contributed by atoms with E-state index in [2.05, 4.69) is 38.1 Å². The third-order valence-corrected chi connectivity index (χ3v) is 5.92. The van der Waals surface area contributed by atoms with E-state index in [9.17, 15) is 5.11 Å². The number of aromatic hydroxyl groups is 1. The summed E-state index contributed by atoms with van der Waals surface area (Å²) in [5, 5.41) is 10.5. The number of rotatable bonds is 2. The molecule has 3 aliphatic heterocycles. The molecule has 29 heavy (non-hydrogen) atoms. The molecule has 0 fully saturated rings. The monoisotopic (exact) mass is 390 g/mol. The number of fused-ring (bicyclic) bond motifs is 7. The highest BCUT2D eigenvalue weighted by Gasteiger charge is 2.43. The molecule has 3 aliphatic rings. The Balaban J connectivity index is 1.56. The maximum absolute atomic E-state index is 10.5. The van der Waals surface area contributed by atoms with Crippen LogP contribution in [0.25, 0.3) is 6.08 Å². The molecule has 2 atom stereocenters. The molecule has 3 heterocycles. The van der Waals surface area contributed by atoms with Gasteiger partial charge < -0.3 is 19.3 Å². The Morgan fingerprint density at radius 3 is 2.72 bits per heavy atom. The lowest BCUT2D eigenvalue weighted by molar-refractivity contribution is 0.133. The number of allylic oxidation sites excluding steroid dienone is 2. The quantitative estimate of drug-likeness (QED) is 0.669. The molecule has 4 heteroatoms. The fraction of sp³-hybridized carbons (Fsp3) is 0.360. The summed E-state index contributed by atoms with van der Waals surface area (Å²) in [5.41, 5.74) is 4.87. The summed E-state index contributed by atoms with van der Waals surface area (Å²) >= 11 is 0. The van der Waals surface area contributed by atoms with Crippen LogP contribution >= 0.6 is 0 Å². The fourth-order valence-corrected chi connectivity index (χ4v) is 4.40. The average molecular weight is 390 g/mol. The molecule has 0 aromatic heterocycles. The van der Waals surface area contributed by atoms with E-state index < -0.39 is 0 Å². The minimum Gasteiger partial charge on any atom is -0.508 e. The van der Waals surface area contributed by atoms with E-state index in [1.54, 1.807) is 6.07 Å². The van der Waals surface area contributed by atoms with Crippen molar-refractivity contribution in [3.63, 3.8) is 0 Å². The van der Waals surface area contributed by atoms with Crippen LogP contribution in [0.2, 0.25) is 0 Å². The van der Waals surface area contributed by atoms with Crippen molar-refractivity contribution in [3.8, 4) is 23.0 Å². The molecule has 2 aromatic carbocycles. The van der Waals surface area contributed by atoms with Crippen LogP contribution in [0.5, 0.6) is 23.0 Å². The smallest absolute Gasteiger partial charge is 0.138 e. The predicted octanol–water partition coefficient (Wildman–Crippen LogP) is 5.69. The molecule has 0 aliphatic carbocycles. The molecule has 0 radical (unpaired) electrons. The Morgan fingerprint density at radius 2 is 1.93 bits per heavy atom. The van der Waals surface area contributed by atoms with Gasteiger partial charge in [-0.15, -0.1) is 0 Å². The van der Waals surface area contributed by atoms with Crippen molar-refractivity contribution in [1.29, 1.82) is 0 Å². The van der Waals surface area contributed by atoms with E-state index in [1.807, 2.05) is 26.0 Å². The van der Waals surface area contributed by atoms with Crippen molar-refractivity contribution in [2.24, 2.45) is 0 Å². The van der Waals surface area contributed by atoms with Gasteiger partial charge in [0.05, 0.1) is 18.1 Å². The van der Waals surface area contributed by atoms with Gasteiger partial charge in [0.15, 0.2) is 0 Å². The van der Waals surface area contributed by atoms with Crippen molar-refractivity contribution in [1.82, 2.24) is 0 Å². The SMILES string of the molecule is CC(C)=CCc1c(O)ccc2c1O[C@H]1c3ccc4c(c3OC[C@@H]21)C=CC(C)(C)O4. The lowest BCUT2D eigenvalue weighted by Gasteiger charge is -2.33. The molecule has 0 amide bonds. The fourth-order valence-electron chi connectivity index (χ4n) is 4.40. The number of benzene rings is 2. The number of hydrogen-bond donors (Lipinski definition) is 1. The minimum absolute atomic E-state index is 0.116. The predicted molar refractivity (Wildman–Crippen MR) is 113 cm³/mol. The molecular formula is C25H26O4. The first kappa shape index (κ1) is 18.2. The largest absolute Gasteiger partial charge is 0.508 e. The zero-order chi connectivity index (χ0) is 20.3. The zero-order valence-corrected chi connectivity index (χ0v) is 17.3. The Bertz CT molecular complexity index is 1060. The maximum atomic E-state index is 10.5. The van der Waals surface area contributed by atoms with Crippen LogP contribution in [-0.2, 0) is 6.42 Å². The summed E-state index contributed by atoms with van der Waals surface area (Å²) in [6.07, 6.45) is 6.80. The van der Waals surface area contributed by atoms with E-state index in [4.69, 9.17) is 14.2 Å². The highest BCUT2D eigenvalue weighted by Crippen LogP contribution is 2.55. The van der Waals surface area contributed by atoms with Crippen LogP contribution in [0, 0.1) is 0 Å². The number of ether oxygens (including phenoxy) is 3. The summed E-state index contributed by atoms with van der Waals surface area (Å²) in [7, 11) is 0. The highest BCUT2D eigenvalue weighted by molar-refractivity contribution is 5.70. The van der Waals surface area contributed by atoms with Gasteiger partial charge in [-0.3, -0.25) is 0 Å². The van der Waals surface area contributed by atoms with Crippen LogP contribution < -0.4 is 14.2 Å². The van der Waals surface area contributed by atoms with Crippen LogP contribution in [0.4, 0.5) is 0 Å². The van der Waals surface area contributed by atoms with E-state index >= 15 is 0 Å². The van der Waals surface area contributed by atoms with Crippen molar-refractivity contribution < 1.29 is 19.3 Å². The van der Waals surface area contributed by atoms with E-state index in [0.29, 0.717) is 13.0 Å². The Morgan fingerprint density at radius 1 is 1.14 bits per heavy atom. The Hall–Kier alpha value is -2.88. The Kier molecular flexibility index (Phi) is 3.95. The van der Waals surface area contributed by atoms with Gasteiger partial charge in [-0.1, -0.05) is 17.7 Å². The summed E-state index contributed by atoms with van der Waals surface area (Å²) in [4.78, 5) is 0. The minimum atomic E-state index is -0.324. The summed E-state index contributed by atoms with van der Waals surface area (Å²) < 4.78 is 18.8. The van der Waals surface area contributed by atoms with Gasteiger partial charge in [-0.2, -0.15) is 0 Å². The van der Waals surface area contributed by atoms with Gasteiger partial charge in [0, 0.05) is 16.7 Å². The first-order valence-corrected chi connectivity index (χ1v) is 10.2. The summed E-state index contributed by atoms with van der Waals surface area (Å²) in [5.74, 6) is 2.89. The number of phenolic OH excluding ortho intramolecular Hbond substituents is 1. The first-order valence-electron chi connectivity index (χ1n) is 10.2. The van der Waals surface area contributed by atoms with Gasteiger partial charge in [0.2, 0.25) is 0 Å². The van der Waals surface area contributed by atoms with Gasteiger partial charge in [0.1, 0.15) is 34.7 Å². The first-order chi connectivity index (χ1) is 13.8. The molecule has 0 saturated heterocycles. The third-order valence-electron chi connectivity index (χ3n) is 5.92. The Labute approximate surface area is 171 Å². The second kappa shape index (κ2) is 6.31. The molecule has 150 valence electrons. The van der Waals surface area contributed by atoms with Crippen molar-refractivity contribution >= 4 is 6.08 Å². The van der Waals surface area contributed by atoms with Crippen molar-refractivity contribution in [2.75, 3.05) is 6.61 Å². The molecule has 0 bridgehead atoms. The maximum Gasteiger partial charge on any atom is 0.138 e. The number of hydrogen-bond acceptors (Lipinski definition) is 4. The van der Waals surface area contributed by atoms with Crippen LogP contribution in [0.1, 0.15) is 62.0 Å². The van der Waals surface area contributed by atoms with Crippen molar-refractivity contribution in [3.05, 3.63) is 64.2 Å². The van der Waals surface area contributed by atoms with Gasteiger partial charge in [-0.05, 0) is 64.5 Å². The second-order valence-electron chi connectivity index (χ2n) is 8.86. The number of phenols is 1. The van der Waals surface area contributed by atoms with E-state index in [0.717, 1.165) is 39.5 Å². The van der Waals surface area contributed by atoms with Gasteiger partial charge in [-0.25, -0.2) is 0 Å². The molecule has 4 nitrogen and oxygen atoms in total. The summed E-state index contributed by atoms with van der Waals surface area (Å²) in [6.45, 7) is 8.75. The lowest BCUT2D eigenvalue weighted by Crippen LogP contribution is -2.29. The third kappa shape index (κ3) is 2.89. The van der Waals surface area contributed by atoms with Crippen molar-refractivity contribution in [2.45, 2.75) is 51.7 Å². The molecule has 0 saturated carbocycles. The van der Waals surface area contributed by atoms with Crippen LogP contribution in [0.3, 0.4) is 0 Å². The molecule has 1 N–H and O–H groups in total. The molecule has 0 unspecified atom stereocenters. The topological polar surface area (TPSA) is 47.9 Å².